The summed E-state index contributed by atoms with van der Waals surface area (Å²) in [4.78, 5) is 20.8. The van der Waals surface area contributed by atoms with Crippen molar-refractivity contribution in [3.63, 3.8) is 0 Å². The van der Waals surface area contributed by atoms with Crippen LogP contribution in [0.25, 0.3) is 5.65 Å². The maximum absolute atomic E-state index is 13.5. The van der Waals surface area contributed by atoms with Crippen LogP contribution in [0.5, 0.6) is 0 Å². The molecule has 0 aliphatic heterocycles. The number of nitrogens with zero attached hydrogens (tertiary/aromatic N) is 4. The minimum Gasteiger partial charge on any atom is -0.481 e. The van der Waals surface area contributed by atoms with Gasteiger partial charge in [-0.2, -0.15) is 4.39 Å². The van der Waals surface area contributed by atoms with E-state index in [1.54, 1.807) is 11.7 Å². The summed E-state index contributed by atoms with van der Waals surface area (Å²) >= 11 is 1.45. The predicted octanol–water partition coefficient (Wildman–Crippen LogP) is 2.20. The fraction of sp³-hybridized carbons (Fsp3) is 0.286. The molecule has 112 valence electrons. The molecule has 4 rings (SSSR count). The number of thiazole rings is 1. The number of hydrogen-bond donors (Lipinski definition) is 1. The molecule has 0 fully saturated rings. The third-order valence-corrected chi connectivity index (χ3v) is 5.30. The highest BCUT2D eigenvalue weighted by molar-refractivity contribution is 7.09. The Morgan fingerprint density at radius 2 is 2.36 bits per heavy atom. The molecule has 3 aromatic rings. The van der Waals surface area contributed by atoms with Crippen molar-refractivity contribution >= 4 is 23.0 Å². The van der Waals surface area contributed by atoms with E-state index in [9.17, 15) is 14.3 Å². The molecule has 0 saturated heterocycles. The summed E-state index contributed by atoms with van der Waals surface area (Å²) in [5.41, 5.74) is 2.75. The third kappa shape index (κ3) is 1.64. The topological polar surface area (TPSA) is 80.4 Å². The second kappa shape index (κ2) is 4.33. The summed E-state index contributed by atoms with van der Waals surface area (Å²) in [5.74, 6) is -2.24. The molecule has 1 N–H and O–H groups in total. The first kappa shape index (κ1) is 13.3. The summed E-state index contributed by atoms with van der Waals surface area (Å²) in [7, 11) is 0. The Hall–Kier alpha value is -2.35. The Bertz CT molecular complexity index is 892. The Labute approximate surface area is 128 Å². The van der Waals surface area contributed by atoms with Gasteiger partial charge in [-0.1, -0.05) is 0 Å². The van der Waals surface area contributed by atoms with Gasteiger partial charge in [0.15, 0.2) is 5.65 Å². The number of rotatable bonds is 2. The van der Waals surface area contributed by atoms with Gasteiger partial charge in [0.25, 0.3) is 0 Å². The normalized spacial score (nSPS) is 23.8. The molecule has 1 aliphatic rings. The van der Waals surface area contributed by atoms with E-state index in [4.69, 9.17) is 0 Å². The molecule has 2 unspecified atom stereocenters. The van der Waals surface area contributed by atoms with Crippen LogP contribution in [0.2, 0.25) is 0 Å². The molecule has 0 aromatic carbocycles. The fourth-order valence-electron chi connectivity index (χ4n) is 3.27. The first-order valence-electron chi connectivity index (χ1n) is 6.67. The molecule has 0 amide bonds. The van der Waals surface area contributed by atoms with E-state index < -0.39 is 23.2 Å². The van der Waals surface area contributed by atoms with Crippen molar-refractivity contribution in [1.29, 1.82) is 0 Å². The van der Waals surface area contributed by atoms with E-state index in [2.05, 4.69) is 15.1 Å². The first-order valence-corrected chi connectivity index (χ1v) is 7.55. The van der Waals surface area contributed by atoms with Crippen LogP contribution >= 0.6 is 11.3 Å². The highest BCUT2D eigenvalue weighted by atomic mass is 32.1. The number of halogens is 1. The molecule has 3 aromatic heterocycles. The van der Waals surface area contributed by atoms with Crippen molar-refractivity contribution in [3.8, 4) is 0 Å². The zero-order valence-electron chi connectivity index (χ0n) is 11.5. The molecule has 0 saturated carbocycles. The van der Waals surface area contributed by atoms with Gasteiger partial charge < -0.3 is 5.11 Å². The van der Waals surface area contributed by atoms with Gasteiger partial charge in [-0.05, 0) is 13.3 Å². The smallest absolute Gasteiger partial charge is 0.311 e. The number of carboxylic acid groups (broad SMARTS) is 1. The van der Waals surface area contributed by atoms with Gasteiger partial charge in [0.2, 0.25) is 5.95 Å². The molecule has 2 atom stereocenters. The number of carboxylic acids is 1. The monoisotopic (exact) mass is 318 g/mol. The third-order valence-electron chi connectivity index (χ3n) is 4.27. The highest BCUT2D eigenvalue weighted by Crippen LogP contribution is 2.50. The van der Waals surface area contributed by atoms with Crippen LogP contribution in [0.1, 0.15) is 35.4 Å². The second-order valence-electron chi connectivity index (χ2n) is 5.59. The number of aliphatic carboxylic acids is 1. The minimum absolute atomic E-state index is 0.373. The zero-order valence-corrected chi connectivity index (χ0v) is 12.3. The summed E-state index contributed by atoms with van der Waals surface area (Å²) < 4.78 is 15.0. The van der Waals surface area contributed by atoms with E-state index in [1.165, 1.54) is 28.1 Å². The summed E-state index contributed by atoms with van der Waals surface area (Å²) in [6.45, 7) is 1.95. The van der Waals surface area contributed by atoms with Gasteiger partial charge in [-0.3, -0.25) is 9.78 Å². The molecule has 6 nitrogen and oxygen atoms in total. The molecule has 0 bridgehead atoms. The molecule has 3 heterocycles. The Morgan fingerprint density at radius 1 is 1.55 bits per heavy atom. The van der Waals surface area contributed by atoms with Crippen LogP contribution in [0.4, 0.5) is 4.39 Å². The van der Waals surface area contributed by atoms with Crippen molar-refractivity contribution in [2.24, 2.45) is 0 Å². The lowest BCUT2D eigenvalue weighted by atomic mass is 9.85. The lowest BCUT2D eigenvalue weighted by molar-refractivity contribution is -0.138. The van der Waals surface area contributed by atoms with E-state index >= 15 is 0 Å². The van der Waals surface area contributed by atoms with E-state index in [-0.39, 0.29) is 0 Å². The van der Waals surface area contributed by atoms with Crippen LogP contribution in [0.15, 0.2) is 24.0 Å². The van der Waals surface area contributed by atoms with Crippen LogP contribution in [-0.2, 0) is 10.2 Å². The number of carbonyl (C=O) groups is 1. The fourth-order valence-corrected chi connectivity index (χ4v) is 4.06. The van der Waals surface area contributed by atoms with Gasteiger partial charge >= 0.3 is 5.97 Å². The van der Waals surface area contributed by atoms with Gasteiger partial charge in [0, 0.05) is 34.3 Å². The standard InChI is InChI=1S/C14H11FN4O2S/c1-14(9-5-16-6-22-9)3-7(13(20)21)8-4-17-11-2-10(15)18-19(11)12(8)14/h2,4-7H,3H2,1H3,(H,20,21). The summed E-state index contributed by atoms with van der Waals surface area (Å²) in [6, 6.07) is 1.24. The average Bonchev–Trinajstić information content (AvgIpc) is 3.15. The average molecular weight is 318 g/mol. The van der Waals surface area contributed by atoms with E-state index in [0.717, 1.165) is 4.88 Å². The highest BCUT2D eigenvalue weighted by Gasteiger charge is 2.48. The Morgan fingerprint density at radius 3 is 3.05 bits per heavy atom. The van der Waals surface area contributed by atoms with Gasteiger partial charge in [0.05, 0.1) is 17.1 Å². The first-order chi connectivity index (χ1) is 10.5. The van der Waals surface area contributed by atoms with Gasteiger partial charge in [0.1, 0.15) is 0 Å². The Balaban J connectivity index is 2.07. The lowest BCUT2D eigenvalue weighted by Gasteiger charge is -2.23. The maximum atomic E-state index is 13.5. The van der Waals surface area contributed by atoms with Crippen molar-refractivity contribution < 1.29 is 14.3 Å². The molecule has 22 heavy (non-hydrogen) atoms. The summed E-state index contributed by atoms with van der Waals surface area (Å²) in [5, 5.41) is 13.4. The van der Waals surface area contributed by atoms with Crippen LogP contribution in [0.3, 0.4) is 0 Å². The molecule has 8 heteroatoms. The molecule has 1 aliphatic carbocycles. The van der Waals surface area contributed by atoms with Crippen molar-refractivity contribution in [2.75, 3.05) is 0 Å². The van der Waals surface area contributed by atoms with E-state index in [0.29, 0.717) is 23.3 Å². The molecular weight excluding hydrogens is 307 g/mol. The lowest BCUT2D eigenvalue weighted by Crippen LogP contribution is -2.23. The number of fused-ring (bicyclic) bond motifs is 3. The predicted molar refractivity (Wildman–Crippen MR) is 76.5 cm³/mol. The van der Waals surface area contributed by atoms with Crippen molar-refractivity contribution in [3.05, 3.63) is 46.1 Å². The van der Waals surface area contributed by atoms with Gasteiger partial charge in [-0.15, -0.1) is 16.4 Å². The maximum Gasteiger partial charge on any atom is 0.311 e. The van der Waals surface area contributed by atoms with Crippen molar-refractivity contribution in [2.45, 2.75) is 24.7 Å². The van der Waals surface area contributed by atoms with Crippen LogP contribution < -0.4 is 0 Å². The second-order valence-corrected chi connectivity index (χ2v) is 6.48. The Kier molecular flexibility index (Phi) is 2.62. The zero-order chi connectivity index (χ0) is 15.5. The molecular formula is C14H11FN4O2S. The number of hydrogen-bond acceptors (Lipinski definition) is 5. The van der Waals surface area contributed by atoms with Crippen LogP contribution in [0, 0.1) is 5.95 Å². The molecule has 0 radical (unpaired) electrons. The van der Waals surface area contributed by atoms with Crippen LogP contribution in [-0.4, -0.2) is 30.7 Å². The number of aromatic nitrogens is 4. The molecule has 0 spiro atoms. The quantitative estimate of drug-likeness (QED) is 0.783. The van der Waals surface area contributed by atoms with Crippen molar-refractivity contribution in [1.82, 2.24) is 19.6 Å². The van der Waals surface area contributed by atoms with Gasteiger partial charge in [-0.25, -0.2) is 9.50 Å². The largest absolute Gasteiger partial charge is 0.481 e. The van der Waals surface area contributed by atoms with E-state index in [1.807, 2.05) is 6.92 Å². The minimum atomic E-state index is -0.914. The summed E-state index contributed by atoms with van der Waals surface area (Å²) in [6.07, 6.45) is 3.63. The SMILES string of the molecule is CC1(c2cncs2)CC(C(=O)O)c2cnc3cc(F)nn3c21.